The lowest BCUT2D eigenvalue weighted by Crippen LogP contribution is -2.29. The van der Waals surface area contributed by atoms with E-state index in [-0.39, 0.29) is 11.9 Å². The average molecular weight is 395 g/mol. The molecule has 144 valence electrons. The quantitative estimate of drug-likeness (QED) is 0.553. The molecule has 0 fully saturated rings. The van der Waals surface area contributed by atoms with E-state index in [0.717, 1.165) is 21.8 Å². The fourth-order valence-corrected chi connectivity index (χ4v) is 3.09. The Hall–Kier alpha value is -3.26. The van der Waals surface area contributed by atoms with Gasteiger partial charge in [-0.05, 0) is 36.1 Å². The SMILES string of the molecule is CSc1cnn(-c2ccccc2)c1NC(=O)NCc1ccc(NC(C)=O)cc1. The molecule has 3 aromatic rings. The summed E-state index contributed by atoms with van der Waals surface area (Å²) >= 11 is 1.51. The van der Waals surface area contributed by atoms with E-state index >= 15 is 0 Å². The summed E-state index contributed by atoms with van der Waals surface area (Å²) in [6, 6.07) is 16.6. The van der Waals surface area contributed by atoms with Gasteiger partial charge in [-0.1, -0.05) is 30.3 Å². The molecule has 0 atom stereocenters. The molecule has 3 amide bonds. The lowest BCUT2D eigenvalue weighted by Gasteiger charge is -2.12. The highest BCUT2D eigenvalue weighted by Gasteiger charge is 2.14. The molecule has 1 heterocycles. The fraction of sp³-hybridized carbons (Fsp3) is 0.150. The molecule has 0 aliphatic carbocycles. The summed E-state index contributed by atoms with van der Waals surface area (Å²) in [6.07, 6.45) is 3.67. The average Bonchev–Trinajstić information content (AvgIpc) is 3.10. The van der Waals surface area contributed by atoms with Crippen molar-refractivity contribution >= 4 is 35.2 Å². The number of thioether (sulfide) groups is 1. The van der Waals surface area contributed by atoms with Crippen LogP contribution in [0.25, 0.3) is 5.69 Å². The predicted octanol–water partition coefficient (Wildman–Crippen LogP) is 3.87. The highest BCUT2D eigenvalue weighted by atomic mass is 32.2. The Balaban J connectivity index is 1.65. The van der Waals surface area contributed by atoms with Gasteiger partial charge in [0.1, 0.15) is 0 Å². The molecule has 1 aromatic heterocycles. The van der Waals surface area contributed by atoms with E-state index in [1.807, 2.05) is 48.7 Å². The monoisotopic (exact) mass is 395 g/mol. The molecule has 0 saturated carbocycles. The molecule has 3 N–H and O–H groups in total. The van der Waals surface area contributed by atoms with E-state index in [0.29, 0.717) is 12.4 Å². The first kappa shape index (κ1) is 19.5. The zero-order valence-electron chi connectivity index (χ0n) is 15.6. The number of rotatable bonds is 6. The van der Waals surface area contributed by atoms with Gasteiger partial charge in [-0.15, -0.1) is 11.8 Å². The van der Waals surface area contributed by atoms with Crippen molar-refractivity contribution in [3.8, 4) is 5.69 Å². The minimum atomic E-state index is -0.320. The summed E-state index contributed by atoms with van der Waals surface area (Å²) in [4.78, 5) is 24.4. The highest BCUT2D eigenvalue weighted by molar-refractivity contribution is 7.98. The molecular weight excluding hydrogens is 374 g/mol. The van der Waals surface area contributed by atoms with Crippen LogP contribution in [0.15, 0.2) is 65.7 Å². The first-order valence-electron chi connectivity index (χ1n) is 8.65. The Morgan fingerprint density at radius 3 is 2.39 bits per heavy atom. The summed E-state index contributed by atoms with van der Waals surface area (Å²) < 4.78 is 1.70. The molecular formula is C20H21N5O2S. The van der Waals surface area contributed by atoms with E-state index in [1.54, 1.807) is 23.0 Å². The van der Waals surface area contributed by atoms with Crippen LogP contribution >= 0.6 is 11.8 Å². The van der Waals surface area contributed by atoms with Crippen molar-refractivity contribution in [3.63, 3.8) is 0 Å². The minimum Gasteiger partial charge on any atom is -0.334 e. The Bertz CT molecular complexity index is 954. The molecule has 0 aliphatic heterocycles. The van der Waals surface area contributed by atoms with E-state index in [9.17, 15) is 9.59 Å². The van der Waals surface area contributed by atoms with Crippen molar-refractivity contribution in [3.05, 3.63) is 66.4 Å². The number of carbonyl (C=O) groups is 2. The normalized spacial score (nSPS) is 10.4. The van der Waals surface area contributed by atoms with E-state index < -0.39 is 0 Å². The molecule has 0 bridgehead atoms. The number of hydrogen-bond donors (Lipinski definition) is 3. The molecule has 0 saturated heterocycles. The topological polar surface area (TPSA) is 88.1 Å². The van der Waals surface area contributed by atoms with E-state index in [1.165, 1.54) is 18.7 Å². The van der Waals surface area contributed by atoms with E-state index in [4.69, 9.17) is 0 Å². The zero-order valence-corrected chi connectivity index (χ0v) is 16.4. The van der Waals surface area contributed by atoms with Gasteiger partial charge in [-0.25, -0.2) is 9.48 Å². The van der Waals surface area contributed by atoms with Gasteiger partial charge < -0.3 is 10.6 Å². The van der Waals surface area contributed by atoms with Crippen molar-refractivity contribution < 1.29 is 9.59 Å². The van der Waals surface area contributed by atoms with Crippen LogP contribution in [-0.2, 0) is 11.3 Å². The first-order valence-corrected chi connectivity index (χ1v) is 9.88. The van der Waals surface area contributed by atoms with Crippen molar-refractivity contribution in [1.29, 1.82) is 0 Å². The smallest absolute Gasteiger partial charge is 0.320 e. The Kier molecular flexibility index (Phi) is 6.33. The van der Waals surface area contributed by atoms with Crippen molar-refractivity contribution in [2.75, 3.05) is 16.9 Å². The van der Waals surface area contributed by atoms with Crippen LogP contribution in [0.5, 0.6) is 0 Å². The standard InChI is InChI=1S/C20H21N5O2S/c1-14(26)23-16-10-8-15(9-11-16)12-21-20(27)24-19-18(28-2)13-22-25(19)17-6-4-3-5-7-17/h3-11,13H,12H2,1-2H3,(H,23,26)(H2,21,24,27). The summed E-state index contributed by atoms with van der Waals surface area (Å²) in [5.74, 6) is 0.502. The summed E-state index contributed by atoms with van der Waals surface area (Å²) in [5, 5.41) is 12.8. The number of nitrogens with one attached hydrogen (secondary N) is 3. The number of benzene rings is 2. The second-order valence-corrected chi connectivity index (χ2v) is 6.84. The van der Waals surface area contributed by atoms with Gasteiger partial charge in [0, 0.05) is 19.2 Å². The van der Waals surface area contributed by atoms with Crippen LogP contribution in [0.3, 0.4) is 0 Å². The number of urea groups is 1. The third-order valence-corrected chi connectivity index (χ3v) is 4.65. The number of anilines is 2. The van der Waals surface area contributed by atoms with Crippen LogP contribution in [0, 0.1) is 0 Å². The molecule has 28 heavy (non-hydrogen) atoms. The third-order valence-electron chi connectivity index (χ3n) is 3.92. The predicted molar refractivity (Wildman–Crippen MR) is 112 cm³/mol. The van der Waals surface area contributed by atoms with Crippen molar-refractivity contribution in [1.82, 2.24) is 15.1 Å². The van der Waals surface area contributed by atoms with Crippen molar-refractivity contribution in [2.45, 2.75) is 18.4 Å². The molecule has 0 aliphatic rings. The molecule has 8 heteroatoms. The largest absolute Gasteiger partial charge is 0.334 e. The van der Waals surface area contributed by atoms with Crippen LogP contribution in [-0.4, -0.2) is 28.0 Å². The van der Waals surface area contributed by atoms with Crippen LogP contribution < -0.4 is 16.0 Å². The van der Waals surface area contributed by atoms with Gasteiger partial charge in [0.2, 0.25) is 5.91 Å². The van der Waals surface area contributed by atoms with E-state index in [2.05, 4.69) is 21.0 Å². The van der Waals surface area contributed by atoms with Gasteiger partial charge in [0.25, 0.3) is 0 Å². The number of aromatic nitrogens is 2. The Morgan fingerprint density at radius 2 is 1.75 bits per heavy atom. The third kappa shape index (κ3) is 4.92. The van der Waals surface area contributed by atoms with Crippen LogP contribution in [0.2, 0.25) is 0 Å². The maximum atomic E-state index is 12.4. The molecule has 0 spiro atoms. The molecule has 2 aromatic carbocycles. The van der Waals surface area contributed by atoms with Crippen molar-refractivity contribution in [2.24, 2.45) is 0 Å². The second kappa shape index (κ2) is 9.09. The Morgan fingerprint density at radius 1 is 1.04 bits per heavy atom. The highest BCUT2D eigenvalue weighted by Crippen LogP contribution is 2.27. The lowest BCUT2D eigenvalue weighted by atomic mass is 10.2. The van der Waals surface area contributed by atoms with Gasteiger partial charge in [-0.3, -0.25) is 10.1 Å². The molecule has 0 unspecified atom stereocenters. The number of hydrogen-bond acceptors (Lipinski definition) is 4. The van der Waals surface area contributed by atoms with Gasteiger partial charge >= 0.3 is 6.03 Å². The summed E-state index contributed by atoms with van der Waals surface area (Å²) in [5.41, 5.74) is 2.51. The number of nitrogens with zero attached hydrogens (tertiary/aromatic N) is 2. The number of para-hydroxylation sites is 1. The van der Waals surface area contributed by atoms with Gasteiger partial charge in [-0.2, -0.15) is 5.10 Å². The zero-order chi connectivity index (χ0) is 19.9. The van der Waals surface area contributed by atoms with Crippen LogP contribution in [0.4, 0.5) is 16.3 Å². The lowest BCUT2D eigenvalue weighted by molar-refractivity contribution is -0.114. The fourth-order valence-electron chi connectivity index (χ4n) is 2.61. The maximum Gasteiger partial charge on any atom is 0.320 e. The number of amides is 3. The van der Waals surface area contributed by atoms with Gasteiger partial charge in [0.05, 0.1) is 16.8 Å². The Labute approximate surface area is 167 Å². The number of carbonyl (C=O) groups excluding carboxylic acids is 2. The molecule has 7 nitrogen and oxygen atoms in total. The summed E-state index contributed by atoms with van der Waals surface area (Å²) in [7, 11) is 0. The van der Waals surface area contributed by atoms with Gasteiger partial charge in [0.15, 0.2) is 5.82 Å². The van der Waals surface area contributed by atoms with Crippen LogP contribution in [0.1, 0.15) is 12.5 Å². The molecule has 0 radical (unpaired) electrons. The summed E-state index contributed by atoms with van der Waals surface area (Å²) in [6.45, 7) is 1.82. The first-order chi connectivity index (χ1) is 13.6. The molecule has 3 rings (SSSR count). The second-order valence-electron chi connectivity index (χ2n) is 5.99. The minimum absolute atomic E-state index is 0.120. The maximum absolute atomic E-state index is 12.4.